The van der Waals surface area contributed by atoms with Crippen LogP contribution in [0.1, 0.15) is 65.6 Å². The van der Waals surface area contributed by atoms with Crippen molar-refractivity contribution >= 4 is 0 Å². The van der Waals surface area contributed by atoms with Crippen LogP contribution in [0.5, 0.6) is 0 Å². The lowest BCUT2D eigenvalue weighted by atomic mass is 9.84. The molecule has 0 radical (unpaired) electrons. The Labute approximate surface area is 104 Å². The standard InChI is InChI=1S/C13H25N3O/c1-12(2,3)7-9(8-14)10-15-11(16-17-10)13(4,5)6/h9H,7-8,14H2,1-6H3. The first-order valence-electron chi connectivity index (χ1n) is 6.17. The third-order valence-corrected chi connectivity index (χ3v) is 2.61. The average molecular weight is 239 g/mol. The van der Waals surface area contributed by atoms with Gasteiger partial charge in [0.2, 0.25) is 5.89 Å². The predicted molar refractivity (Wildman–Crippen MR) is 68.9 cm³/mol. The normalized spacial score (nSPS) is 15.0. The van der Waals surface area contributed by atoms with Crippen LogP contribution in [0.2, 0.25) is 0 Å². The van der Waals surface area contributed by atoms with Crippen molar-refractivity contribution in [1.29, 1.82) is 0 Å². The van der Waals surface area contributed by atoms with Gasteiger partial charge in [-0.2, -0.15) is 4.98 Å². The summed E-state index contributed by atoms with van der Waals surface area (Å²) in [5.74, 6) is 1.57. The highest BCUT2D eigenvalue weighted by Gasteiger charge is 2.27. The van der Waals surface area contributed by atoms with Gasteiger partial charge in [-0.05, 0) is 11.8 Å². The summed E-state index contributed by atoms with van der Waals surface area (Å²) in [5.41, 5.74) is 5.93. The molecule has 0 spiro atoms. The lowest BCUT2D eigenvalue weighted by Crippen LogP contribution is -2.20. The molecule has 1 atom stereocenters. The number of rotatable bonds is 3. The minimum Gasteiger partial charge on any atom is -0.339 e. The fraction of sp³-hybridized carbons (Fsp3) is 0.846. The van der Waals surface area contributed by atoms with E-state index in [2.05, 4.69) is 51.7 Å². The number of hydrogen-bond donors (Lipinski definition) is 1. The molecule has 1 unspecified atom stereocenters. The third-order valence-electron chi connectivity index (χ3n) is 2.61. The van der Waals surface area contributed by atoms with Crippen molar-refractivity contribution in [3.8, 4) is 0 Å². The molecule has 0 saturated carbocycles. The maximum absolute atomic E-state index is 5.80. The van der Waals surface area contributed by atoms with Gasteiger partial charge in [-0.15, -0.1) is 0 Å². The highest BCUT2D eigenvalue weighted by molar-refractivity contribution is 5.03. The van der Waals surface area contributed by atoms with Crippen molar-refractivity contribution in [2.24, 2.45) is 11.1 Å². The van der Waals surface area contributed by atoms with Crippen LogP contribution in [0.4, 0.5) is 0 Å². The minimum atomic E-state index is -0.0807. The van der Waals surface area contributed by atoms with E-state index < -0.39 is 0 Å². The molecule has 17 heavy (non-hydrogen) atoms. The van der Waals surface area contributed by atoms with Gasteiger partial charge in [0.1, 0.15) is 0 Å². The van der Waals surface area contributed by atoms with E-state index in [-0.39, 0.29) is 16.7 Å². The second-order valence-electron chi connectivity index (χ2n) is 6.90. The zero-order valence-corrected chi connectivity index (χ0v) is 11.9. The summed E-state index contributed by atoms with van der Waals surface area (Å²) in [6.07, 6.45) is 0.954. The van der Waals surface area contributed by atoms with E-state index in [9.17, 15) is 0 Å². The summed E-state index contributed by atoms with van der Waals surface area (Å²) in [5, 5.41) is 4.04. The number of nitrogens with zero attached hydrogens (tertiary/aromatic N) is 2. The Kier molecular flexibility index (Phi) is 3.97. The van der Waals surface area contributed by atoms with E-state index in [0.717, 1.165) is 12.2 Å². The molecule has 2 N–H and O–H groups in total. The Morgan fingerprint density at radius 1 is 1.18 bits per heavy atom. The summed E-state index contributed by atoms with van der Waals surface area (Å²) < 4.78 is 5.35. The van der Waals surface area contributed by atoms with E-state index in [1.165, 1.54) is 0 Å². The van der Waals surface area contributed by atoms with Crippen LogP contribution in [0.25, 0.3) is 0 Å². The van der Waals surface area contributed by atoms with Crippen LogP contribution in [0.3, 0.4) is 0 Å². The fourth-order valence-electron chi connectivity index (χ4n) is 1.72. The van der Waals surface area contributed by atoms with Crippen LogP contribution >= 0.6 is 0 Å². The van der Waals surface area contributed by atoms with Crippen molar-refractivity contribution in [3.63, 3.8) is 0 Å². The molecule has 0 amide bonds. The van der Waals surface area contributed by atoms with E-state index in [1.54, 1.807) is 0 Å². The third kappa shape index (κ3) is 4.11. The minimum absolute atomic E-state index is 0.0807. The van der Waals surface area contributed by atoms with E-state index in [1.807, 2.05) is 0 Å². The highest BCUT2D eigenvalue weighted by Crippen LogP contribution is 2.30. The molecule has 0 bridgehead atoms. The molecule has 1 heterocycles. The number of aromatic nitrogens is 2. The fourth-order valence-corrected chi connectivity index (χ4v) is 1.72. The zero-order valence-electron chi connectivity index (χ0n) is 11.9. The smallest absolute Gasteiger partial charge is 0.231 e. The number of hydrogen-bond acceptors (Lipinski definition) is 4. The Bertz CT molecular complexity index is 357. The molecule has 4 heteroatoms. The van der Waals surface area contributed by atoms with Gasteiger partial charge in [0.25, 0.3) is 0 Å². The van der Waals surface area contributed by atoms with Crippen molar-refractivity contribution in [2.75, 3.05) is 6.54 Å². The van der Waals surface area contributed by atoms with Gasteiger partial charge in [-0.3, -0.25) is 0 Å². The van der Waals surface area contributed by atoms with Crippen LogP contribution in [0.15, 0.2) is 4.52 Å². The van der Waals surface area contributed by atoms with Crippen LogP contribution < -0.4 is 5.73 Å². The largest absolute Gasteiger partial charge is 0.339 e. The van der Waals surface area contributed by atoms with Gasteiger partial charge < -0.3 is 10.3 Å². The quantitative estimate of drug-likeness (QED) is 0.880. The Hall–Kier alpha value is -0.900. The van der Waals surface area contributed by atoms with E-state index in [4.69, 9.17) is 10.3 Å². The maximum Gasteiger partial charge on any atom is 0.231 e. The Balaban J connectivity index is 2.87. The van der Waals surface area contributed by atoms with Crippen molar-refractivity contribution in [3.05, 3.63) is 11.7 Å². The van der Waals surface area contributed by atoms with E-state index >= 15 is 0 Å². The molecule has 0 saturated heterocycles. The zero-order chi connectivity index (χ0) is 13.3. The monoisotopic (exact) mass is 239 g/mol. The molecule has 0 aromatic carbocycles. The Morgan fingerprint density at radius 2 is 1.76 bits per heavy atom. The lowest BCUT2D eigenvalue weighted by molar-refractivity contribution is 0.285. The SMILES string of the molecule is CC(C)(C)CC(CN)c1nc(C(C)(C)C)no1. The second-order valence-corrected chi connectivity index (χ2v) is 6.90. The van der Waals surface area contributed by atoms with Crippen LogP contribution in [0, 0.1) is 5.41 Å². The van der Waals surface area contributed by atoms with Crippen molar-refractivity contribution in [1.82, 2.24) is 10.1 Å². The summed E-state index contributed by atoms with van der Waals surface area (Å²) in [6, 6.07) is 0. The first-order chi connectivity index (χ1) is 7.63. The predicted octanol–water partition coefficient (Wildman–Crippen LogP) is 2.85. The molecule has 1 aromatic heterocycles. The molecule has 1 aromatic rings. The summed E-state index contributed by atoms with van der Waals surface area (Å²) in [7, 11) is 0. The summed E-state index contributed by atoms with van der Waals surface area (Å²) in [4.78, 5) is 4.48. The molecular weight excluding hydrogens is 214 g/mol. The first kappa shape index (κ1) is 14.2. The van der Waals surface area contributed by atoms with E-state index in [0.29, 0.717) is 12.4 Å². The maximum atomic E-state index is 5.80. The van der Waals surface area contributed by atoms with Gasteiger partial charge in [0, 0.05) is 12.0 Å². The molecule has 0 aliphatic heterocycles. The second kappa shape index (κ2) is 4.77. The number of nitrogens with two attached hydrogens (primary N) is 1. The lowest BCUT2D eigenvalue weighted by Gasteiger charge is -2.22. The highest BCUT2D eigenvalue weighted by atomic mass is 16.5. The molecule has 0 aliphatic rings. The molecule has 4 nitrogen and oxygen atoms in total. The summed E-state index contributed by atoms with van der Waals surface area (Å²) >= 11 is 0. The molecule has 1 rings (SSSR count). The molecule has 0 fully saturated rings. The summed E-state index contributed by atoms with van der Waals surface area (Å²) in [6.45, 7) is 13.3. The molecule has 0 aliphatic carbocycles. The Morgan fingerprint density at radius 3 is 2.12 bits per heavy atom. The van der Waals surface area contributed by atoms with Crippen LogP contribution in [-0.4, -0.2) is 16.7 Å². The van der Waals surface area contributed by atoms with Gasteiger partial charge in [0.15, 0.2) is 5.82 Å². The molecular formula is C13H25N3O. The topological polar surface area (TPSA) is 64.9 Å². The van der Waals surface area contributed by atoms with Gasteiger partial charge in [0.05, 0.1) is 5.92 Å². The molecule has 98 valence electrons. The van der Waals surface area contributed by atoms with Gasteiger partial charge >= 0.3 is 0 Å². The van der Waals surface area contributed by atoms with Gasteiger partial charge in [-0.1, -0.05) is 46.7 Å². The van der Waals surface area contributed by atoms with Crippen molar-refractivity contribution < 1.29 is 4.52 Å². The average Bonchev–Trinajstić information content (AvgIpc) is 2.60. The van der Waals surface area contributed by atoms with Gasteiger partial charge in [-0.25, -0.2) is 0 Å². The van der Waals surface area contributed by atoms with Crippen LogP contribution in [-0.2, 0) is 5.41 Å². The first-order valence-corrected chi connectivity index (χ1v) is 6.17. The van der Waals surface area contributed by atoms with Crippen molar-refractivity contribution in [2.45, 2.75) is 59.3 Å².